The number of aromatic nitrogens is 2. The standard InChI is InChI=1S/C19H17N3O2/c1-12(2)23-17-9-8-14(10-15(17)11-20)19-21-18(22-24-19)16-7-5-4-6-13(16)3/h4-10,12H,1-3H3. The highest BCUT2D eigenvalue weighted by Crippen LogP contribution is 2.28. The SMILES string of the molecule is Cc1ccccc1-c1noc(-c2ccc(OC(C)C)c(C#N)c2)n1. The first kappa shape index (κ1) is 15.8. The van der Waals surface area contributed by atoms with E-state index in [0.717, 1.165) is 11.1 Å². The van der Waals surface area contributed by atoms with E-state index in [1.54, 1.807) is 12.1 Å². The molecule has 5 nitrogen and oxygen atoms in total. The maximum absolute atomic E-state index is 9.33. The lowest BCUT2D eigenvalue weighted by atomic mass is 10.1. The van der Waals surface area contributed by atoms with Gasteiger partial charge in [0.05, 0.1) is 11.7 Å². The fourth-order valence-electron chi connectivity index (χ4n) is 2.38. The molecule has 0 saturated carbocycles. The molecule has 0 atom stereocenters. The number of hydrogen-bond acceptors (Lipinski definition) is 5. The molecule has 0 aliphatic carbocycles. The van der Waals surface area contributed by atoms with Crippen LogP contribution < -0.4 is 4.74 Å². The molecule has 0 amide bonds. The zero-order valence-corrected chi connectivity index (χ0v) is 13.8. The summed E-state index contributed by atoms with van der Waals surface area (Å²) in [6.45, 7) is 5.83. The quantitative estimate of drug-likeness (QED) is 0.714. The summed E-state index contributed by atoms with van der Waals surface area (Å²) in [7, 11) is 0. The van der Waals surface area contributed by atoms with E-state index in [0.29, 0.717) is 28.6 Å². The minimum Gasteiger partial charge on any atom is -0.490 e. The van der Waals surface area contributed by atoms with Gasteiger partial charge in [-0.2, -0.15) is 10.2 Å². The molecule has 0 bridgehead atoms. The molecule has 5 heteroatoms. The molecule has 3 rings (SSSR count). The summed E-state index contributed by atoms with van der Waals surface area (Å²) in [5, 5.41) is 13.4. The summed E-state index contributed by atoms with van der Waals surface area (Å²) in [4.78, 5) is 4.45. The Morgan fingerprint density at radius 1 is 1.17 bits per heavy atom. The van der Waals surface area contributed by atoms with Crippen molar-refractivity contribution in [3.05, 3.63) is 53.6 Å². The maximum atomic E-state index is 9.33. The lowest BCUT2D eigenvalue weighted by Crippen LogP contribution is -2.06. The Morgan fingerprint density at radius 2 is 1.96 bits per heavy atom. The molecule has 24 heavy (non-hydrogen) atoms. The number of nitriles is 1. The third-order valence-corrected chi connectivity index (χ3v) is 3.52. The van der Waals surface area contributed by atoms with Gasteiger partial charge in [-0.05, 0) is 44.5 Å². The van der Waals surface area contributed by atoms with E-state index >= 15 is 0 Å². The van der Waals surface area contributed by atoms with Crippen LogP contribution in [0.25, 0.3) is 22.8 Å². The van der Waals surface area contributed by atoms with Gasteiger partial charge in [0, 0.05) is 11.1 Å². The number of hydrogen-bond donors (Lipinski definition) is 0. The van der Waals surface area contributed by atoms with Gasteiger partial charge >= 0.3 is 0 Å². The molecule has 0 radical (unpaired) electrons. The maximum Gasteiger partial charge on any atom is 0.258 e. The van der Waals surface area contributed by atoms with Gasteiger partial charge in [-0.25, -0.2) is 0 Å². The van der Waals surface area contributed by atoms with Gasteiger partial charge < -0.3 is 9.26 Å². The van der Waals surface area contributed by atoms with Gasteiger partial charge in [0.25, 0.3) is 5.89 Å². The van der Waals surface area contributed by atoms with Crippen LogP contribution in [-0.4, -0.2) is 16.2 Å². The molecule has 120 valence electrons. The first-order chi connectivity index (χ1) is 11.6. The third-order valence-electron chi connectivity index (χ3n) is 3.52. The lowest BCUT2D eigenvalue weighted by molar-refractivity contribution is 0.242. The van der Waals surface area contributed by atoms with Crippen LogP contribution in [0.2, 0.25) is 0 Å². The highest BCUT2D eigenvalue weighted by Gasteiger charge is 2.14. The summed E-state index contributed by atoms with van der Waals surface area (Å²) in [6, 6.07) is 15.3. The summed E-state index contributed by atoms with van der Waals surface area (Å²) in [6.07, 6.45) is -0.000914. The normalized spacial score (nSPS) is 10.6. The summed E-state index contributed by atoms with van der Waals surface area (Å²) in [5.74, 6) is 1.46. The van der Waals surface area contributed by atoms with Crippen LogP contribution in [0.1, 0.15) is 25.0 Å². The Hall–Kier alpha value is -3.13. The van der Waals surface area contributed by atoms with E-state index in [2.05, 4.69) is 16.2 Å². The predicted molar refractivity (Wildman–Crippen MR) is 90.4 cm³/mol. The zero-order chi connectivity index (χ0) is 17.1. The summed E-state index contributed by atoms with van der Waals surface area (Å²) >= 11 is 0. The zero-order valence-electron chi connectivity index (χ0n) is 13.8. The van der Waals surface area contributed by atoms with Crippen LogP contribution in [0.3, 0.4) is 0 Å². The molecule has 3 aromatic rings. The molecule has 0 fully saturated rings. The second kappa shape index (κ2) is 6.55. The smallest absolute Gasteiger partial charge is 0.258 e. The minimum atomic E-state index is -0.000914. The van der Waals surface area contributed by atoms with E-state index in [1.165, 1.54) is 0 Å². The summed E-state index contributed by atoms with van der Waals surface area (Å²) in [5.41, 5.74) is 3.13. The van der Waals surface area contributed by atoms with Gasteiger partial charge in [-0.3, -0.25) is 0 Å². The van der Waals surface area contributed by atoms with Crippen molar-refractivity contribution in [2.45, 2.75) is 26.9 Å². The number of rotatable bonds is 4. The predicted octanol–water partition coefficient (Wildman–Crippen LogP) is 4.37. The lowest BCUT2D eigenvalue weighted by Gasteiger charge is -2.11. The molecule has 1 heterocycles. The van der Waals surface area contributed by atoms with Crippen LogP contribution in [0.15, 0.2) is 47.0 Å². The number of benzene rings is 2. The minimum absolute atomic E-state index is 0.000914. The van der Waals surface area contributed by atoms with Gasteiger partial charge in [0.15, 0.2) is 0 Å². The van der Waals surface area contributed by atoms with E-state index in [1.807, 2.05) is 51.1 Å². The highest BCUT2D eigenvalue weighted by atomic mass is 16.5. The first-order valence-electron chi connectivity index (χ1n) is 7.69. The number of aryl methyl sites for hydroxylation is 1. The van der Waals surface area contributed by atoms with Crippen molar-refractivity contribution in [3.8, 4) is 34.7 Å². The second-order valence-corrected chi connectivity index (χ2v) is 5.73. The van der Waals surface area contributed by atoms with Crippen molar-refractivity contribution in [3.63, 3.8) is 0 Å². The van der Waals surface area contributed by atoms with Crippen molar-refractivity contribution in [1.29, 1.82) is 5.26 Å². The monoisotopic (exact) mass is 319 g/mol. The summed E-state index contributed by atoms with van der Waals surface area (Å²) < 4.78 is 11.0. The second-order valence-electron chi connectivity index (χ2n) is 5.73. The molecule has 0 aliphatic rings. The highest BCUT2D eigenvalue weighted by molar-refractivity contribution is 5.64. The van der Waals surface area contributed by atoms with Gasteiger partial charge in [-0.15, -0.1) is 0 Å². The van der Waals surface area contributed by atoms with Gasteiger partial charge in [0.1, 0.15) is 11.8 Å². The molecule has 0 unspecified atom stereocenters. The Bertz CT molecular complexity index is 907. The molecular weight excluding hydrogens is 302 g/mol. The van der Waals surface area contributed by atoms with E-state index < -0.39 is 0 Å². The van der Waals surface area contributed by atoms with E-state index in [-0.39, 0.29) is 6.10 Å². The Labute approximate surface area is 140 Å². The molecule has 0 aliphatic heterocycles. The average molecular weight is 319 g/mol. The molecule has 2 aromatic carbocycles. The van der Waals surface area contributed by atoms with Gasteiger partial charge in [0.2, 0.25) is 5.82 Å². The van der Waals surface area contributed by atoms with Crippen LogP contribution in [0, 0.1) is 18.3 Å². The van der Waals surface area contributed by atoms with Crippen molar-refractivity contribution in [2.75, 3.05) is 0 Å². The largest absolute Gasteiger partial charge is 0.490 e. The number of nitrogens with zero attached hydrogens (tertiary/aromatic N) is 3. The Kier molecular flexibility index (Phi) is 4.30. The van der Waals surface area contributed by atoms with Crippen molar-refractivity contribution in [2.24, 2.45) is 0 Å². The van der Waals surface area contributed by atoms with E-state index in [4.69, 9.17) is 9.26 Å². The van der Waals surface area contributed by atoms with Gasteiger partial charge in [-0.1, -0.05) is 29.4 Å². The van der Waals surface area contributed by atoms with Crippen molar-refractivity contribution < 1.29 is 9.26 Å². The van der Waals surface area contributed by atoms with Crippen LogP contribution in [0.4, 0.5) is 0 Å². The topological polar surface area (TPSA) is 71.9 Å². The molecule has 0 saturated heterocycles. The fourth-order valence-corrected chi connectivity index (χ4v) is 2.38. The molecular formula is C19H17N3O2. The van der Waals surface area contributed by atoms with Crippen LogP contribution in [0.5, 0.6) is 5.75 Å². The Balaban J connectivity index is 1.96. The molecule has 0 N–H and O–H groups in total. The first-order valence-corrected chi connectivity index (χ1v) is 7.69. The fraction of sp³-hybridized carbons (Fsp3) is 0.211. The van der Waals surface area contributed by atoms with Crippen LogP contribution in [-0.2, 0) is 0 Å². The molecule has 0 spiro atoms. The van der Waals surface area contributed by atoms with Crippen molar-refractivity contribution >= 4 is 0 Å². The third kappa shape index (κ3) is 3.13. The van der Waals surface area contributed by atoms with Crippen LogP contribution >= 0.6 is 0 Å². The number of ether oxygens (including phenoxy) is 1. The van der Waals surface area contributed by atoms with Crippen molar-refractivity contribution in [1.82, 2.24) is 10.1 Å². The Morgan fingerprint density at radius 3 is 2.67 bits per heavy atom. The van der Waals surface area contributed by atoms with E-state index in [9.17, 15) is 5.26 Å². The molecule has 1 aromatic heterocycles. The average Bonchev–Trinajstić information content (AvgIpc) is 3.05.